The SMILES string of the molecule is N#Cc1ccccc1C(=O)O.OF. The van der Waals surface area contributed by atoms with Crippen LogP contribution in [0.1, 0.15) is 15.9 Å². The van der Waals surface area contributed by atoms with Crippen molar-refractivity contribution < 1.29 is 19.7 Å². The van der Waals surface area contributed by atoms with Crippen LogP contribution in [0.2, 0.25) is 0 Å². The molecule has 0 spiro atoms. The van der Waals surface area contributed by atoms with Crippen molar-refractivity contribution in [3.63, 3.8) is 0 Å². The third kappa shape index (κ3) is 2.89. The molecule has 13 heavy (non-hydrogen) atoms. The van der Waals surface area contributed by atoms with Crippen LogP contribution < -0.4 is 0 Å². The Balaban J connectivity index is 0.000000671. The van der Waals surface area contributed by atoms with Gasteiger partial charge >= 0.3 is 5.97 Å². The minimum atomic E-state index is -1.07. The Bertz CT molecular complexity index is 332. The number of hydrogen-bond donors (Lipinski definition) is 2. The van der Waals surface area contributed by atoms with Crippen LogP contribution in [0.4, 0.5) is 4.53 Å². The van der Waals surface area contributed by atoms with Gasteiger partial charge in [-0.05, 0) is 12.1 Å². The van der Waals surface area contributed by atoms with Crippen molar-refractivity contribution in [2.24, 2.45) is 0 Å². The average molecular weight is 183 g/mol. The van der Waals surface area contributed by atoms with E-state index in [2.05, 4.69) is 0 Å². The maximum absolute atomic E-state index is 10.4. The molecule has 0 aliphatic carbocycles. The summed E-state index contributed by atoms with van der Waals surface area (Å²) in [4.78, 5) is 10.4. The predicted molar refractivity (Wildman–Crippen MR) is 41.4 cm³/mol. The summed E-state index contributed by atoms with van der Waals surface area (Å²) in [6.07, 6.45) is 0. The molecule has 4 nitrogen and oxygen atoms in total. The summed E-state index contributed by atoms with van der Waals surface area (Å²) in [6, 6.07) is 7.89. The van der Waals surface area contributed by atoms with Crippen LogP contribution in [0.15, 0.2) is 24.3 Å². The van der Waals surface area contributed by atoms with Crippen LogP contribution in [0.5, 0.6) is 0 Å². The first-order chi connectivity index (χ1) is 6.25. The second-order valence-corrected chi connectivity index (χ2v) is 1.96. The molecule has 0 radical (unpaired) electrons. The van der Waals surface area contributed by atoms with Gasteiger partial charge in [-0.25, -0.2) is 10.1 Å². The molecule has 0 bridgehead atoms. The number of carboxylic acid groups (broad SMARTS) is 1. The molecule has 0 atom stereocenters. The van der Waals surface area contributed by atoms with Crippen molar-refractivity contribution in [3.05, 3.63) is 35.4 Å². The number of hydrogen-bond acceptors (Lipinski definition) is 3. The first-order valence-corrected chi connectivity index (χ1v) is 3.15. The molecule has 0 aliphatic heterocycles. The molecule has 1 aromatic carbocycles. The van der Waals surface area contributed by atoms with Crippen molar-refractivity contribution in [1.82, 2.24) is 0 Å². The Morgan fingerprint density at radius 3 is 2.31 bits per heavy atom. The zero-order valence-corrected chi connectivity index (χ0v) is 6.44. The minimum absolute atomic E-state index is 0.0509. The van der Waals surface area contributed by atoms with Crippen LogP contribution in [0, 0.1) is 11.3 Å². The quantitative estimate of drug-likeness (QED) is 0.683. The van der Waals surface area contributed by atoms with E-state index in [0.29, 0.717) is 0 Å². The van der Waals surface area contributed by atoms with E-state index in [9.17, 15) is 4.79 Å². The third-order valence-corrected chi connectivity index (χ3v) is 1.28. The van der Waals surface area contributed by atoms with Crippen LogP contribution in [-0.2, 0) is 0 Å². The molecule has 0 amide bonds. The molecular weight excluding hydrogens is 177 g/mol. The Morgan fingerprint density at radius 2 is 1.92 bits per heavy atom. The van der Waals surface area contributed by atoms with Gasteiger partial charge in [0.1, 0.15) is 6.07 Å². The zero-order valence-electron chi connectivity index (χ0n) is 6.44. The van der Waals surface area contributed by atoms with Gasteiger partial charge in [-0.2, -0.15) is 5.26 Å². The number of carbonyl (C=O) groups is 1. The lowest BCUT2D eigenvalue weighted by Crippen LogP contribution is -1.98. The molecular formula is C8H6FNO3. The van der Waals surface area contributed by atoms with E-state index >= 15 is 0 Å². The first kappa shape index (κ1) is 11.1. The lowest BCUT2D eigenvalue weighted by atomic mass is 10.1. The standard InChI is InChI=1S/C8H5NO2.FHO/c9-5-6-3-1-2-4-7(6)8(10)11;1-2/h1-4H,(H,10,11);2H. The Morgan fingerprint density at radius 1 is 1.38 bits per heavy atom. The summed E-state index contributed by atoms with van der Waals surface area (Å²) < 4.78 is 8.50. The highest BCUT2D eigenvalue weighted by atomic mass is 19.3. The molecule has 68 valence electrons. The van der Waals surface area contributed by atoms with Gasteiger partial charge in [-0.15, -0.1) is 0 Å². The third-order valence-electron chi connectivity index (χ3n) is 1.28. The van der Waals surface area contributed by atoms with E-state index in [1.165, 1.54) is 12.1 Å². The Labute approximate surface area is 73.4 Å². The largest absolute Gasteiger partial charge is 0.478 e. The van der Waals surface area contributed by atoms with E-state index in [1.54, 1.807) is 18.2 Å². The van der Waals surface area contributed by atoms with Gasteiger partial charge in [0, 0.05) is 0 Å². The maximum Gasteiger partial charge on any atom is 0.337 e. The average Bonchev–Trinajstić information content (AvgIpc) is 2.20. The second-order valence-electron chi connectivity index (χ2n) is 1.96. The van der Waals surface area contributed by atoms with Crippen molar-refractivity contribution >= 4 is 5.97 Å². The summed E-state index contributed by atoms with van der Waals surface area (Å²) in [7, 11) is 0. The first-order valence-electron chi connectivity index (χ1n) is 3.15. The zero-order chi connectivity index (χ0) is 10.3. The maximum atomic E-state index is 10.4. The van der Waals surface area contributed by atoms with E-state index in [-0.39, 0.29) is 11.1 Å². The number of benzene rings is 1. The van der Waals surface area contributed by atoms with E-state index < -0.39 is 5.97 Å². The molecule has 0 aromatic heterocycles. The number of halogens is 1. The van der Waals surface area contributed by atoms with Gasteiger partial charge in [-0.1, -0.05) is 16.7 Å². The van der Waals surface area contributed by atoms with Crippen LogP contribution in [0.25, 0.3) is 0 Å². The van der Waals surface area contributed by atoms with Crippen molar-refractivity contribution in [1.29, 1.82) is 5.26 Å². The van der Waals surface area contributed by atoms with Crippen LogP contribution in [-0.4, -0.2) is 16.4 Å². The summed E-state index contributed by atoms with van der Waals surface area (Å²) in [5.41, 5.74) is 0.245. The fourth-order valence-corrected chi connectivity index (χ4v) is 0.767. The van der Waals surface area contributed by atoms with Crippen LogP contribution >= 0.6 is 0 Å². The normalized spacial score (nSPS) is 7.77. The van der Waals surface area contributed by atoms with Crippen molar-refractivity contribution in [2.75, 3.05) is 0 Å². The summed E-state index contributed by atoms with van der Waals surface area (Å²) in [5.74, 6) is -1.07. The molecule has 0 saturated carbocycles. The highest BCUT2D eigenvalue weighted by Crippen LogP contribution is 2.05. The van der Waals surface area contributed by atoms with E-state index in [0.717, 1.165) is 0 Å². The molecule has 0 aliphatic rings. The lowest BCUT2D eigenvalue weighted by molar-refractivity contribution is -0.0441. The number of nitrogens with zero attached hydrogens (tertiary/aromatic N) is 1. The molecule has 0 heterocycles. The van der Waals surface area contributed by atoms with Crippen molar-refractivity contribution in [3.8, 4) is 6.07 Å². The highest BCUT2D eigenvalue weighted by molar-refractivity contribution is 5.90. The van der Waals surface area contributed by atoms with Gasteiger partial charge in [0.15, 0.2) is 0 Å². The number of aromatic carboxylic acids is 1. The lowest BCUT2D eigenvalue weighted by Gasteiger charge is -1.94. The number of nitriles is 1. The molecule has 5 heteroatoms. The van der Waals surface area contributed by atoms with Gasteiger partial charge in [0.05, 0.1) is 11.1 Å². The van der Waals surface area contributed by atoms with Gasteiger partial charge in [0.2, 0.25) is 0 Å². The molecule has 2 N–H and O–H groups in total. The molecule has 0 saturated heterocycles. The van der Waals surface area contributed by atoms with Gasteiger partial charge < -0.3 is 5.11 Å². The topological polar surface area (TPSA) is 81.3 Å². The van der Waals surface area contributed by atoms with Crippen LogP contribution in [0.3, 0.4) is 0 Å². The summed E-state index contributed by atoms with van der Waals surface area (Å²) in [6.45, 7) is 0. The molecule has 0 fully saturated rings. The smallest absolute Gasteiger partial charge is 0.337 e. The summed E-state index contributed by atoms with van der Waals surface area (Å²) >= 11 is 0. The van der Waals surface area contributed by atoms with E-state index in [1.807, 2.05) is 0 Å². The second kappa shape index (κ2) is 5.69. The number of rotatable bonds is 1. The molecule has 0 unspecified atom stereocenters. The fraction of sp³-hybridized carbons (Fsp3) is 0. The number of carboxylic acids is 1. The van der Waals surface area contributed by atoms with Gasteiger partial charge in [0.25, 0.3) is 0 Å². The molecule has 1 aromatic rings. The van der Waals surface area contributed by atoms with Crippen molar-refractivity contribution in [2.45, 2.75) is 0 Å². The minimum Gasteiger partial charge on any atom is -0.478 e. The monoisotopic (exact) mass is 183 g/mol. The highest BCUT2D eigenvalue weighted by Gasteiger charge is 2.06. The summed E-state index contributed by atoms with van der Waals surface area (Å²) in [5, 5.41) is 22.5. The fourth-order valence-electron chi connectivity index (χ4n) is 0.767. The molecule has 1 rings (SSSR count). The van der Waals surface area contributed by atoms with E-state index in [4.69, 9.17) is 20.2 Å². The predicted octanol–water partition coefficient (Wildman–Crippen LogP) is 1.12. The Hall–Kier alpha value is -1.93. The Kier molecular flexibility index (Phi) is 4.84. The van der Waals surface area contributed by atoms with Gasteiger partial charge in [-0.3, -0.25) is 0 Å².